The molecule has 0 fully saturated rings. The molecule has 0 aliphatic rings. The number of carbonyl (C=O) groups excluding carboxylic acids is 2. The largest absolute Gasteiger partial charge is 0.326 e. The van der Waals surface area contributed by atoms with Crippen molar-refractivity contribution in [3.05, 3.63) is 59.6 Å². The van der Waals surface area contributed by atoms with Gasteiger partial charge in [-0.2, -0.15) is 5.10 Å². The first-order valence-corrected chi connectivity index (χ1v) is 10.0. The molecule has 3 aromatic heterocycles. The minimum atomic E-state index is -0.258. The Balaban J connectivity index is 1.74. The molecule has 2 amide bonds. The average Bonchev–Trinajstić information content (AvgIpc) is 3.36. The van der Waals surface area contributed by atoms with Gasteiger partial charge in [-0.05, 0) is 42.6 Å². The molecule has 29 heavy (non-hydrogen) atoms. The second-order valence-electron chi connectivity index (χ2n) is 6.45. The van der Waals surface area contributed by atoms with Gasteiger partial charge < -0.3 is 10.6 Å². The summed E-state index contributed by atoms with van der Waals surface area (Å²) in [6.07, 6.45) is 1.67. The van der Waals surface area contributed by atoms with Crippen LogP contribution in [0, 0.1) is 0 Å². The zero-order valence-electron chi connectivity index (χ0n) is 16.0. The maximum absolute atomic E-state index is 13.1. The van der Waals surface area contributed by atoms with Crippen molar-refractivity contribution in [3.63, 3.8) is 0 Å². The van der Waals surface area contributed by atoms with Crippen LogP contribution < -0.4 is 10.6 Å². The normalized spacial score (nSPS) is 10.8. The third-order valence-corrected chi connectivity index (χ3v) is 5.26. The van der Waals surface area contributed by atoms with Crippen LogP contribution in [0.2, 0.25) is 0 Å². The van der Waals surface area contributed by atoms with Crippen molar-refractivity contribution in [2.24, 2.45) is 0 Å². The monoisotopic (exact) mass is 405 g/mol. The smallest absolute Gasteiger partial charge is 0.256 e. The Morgan fingerprint density at radius 2 is 1.90 bits per heavy atom. The van der Waals surface area contributed by atoms with E-state index in [0.717, 1.165) is 10.6 Å². The van der Waals surface area contributed by atoms with Crippen LogP contribution in [-0.2, 0) is 11.3 Å². The summed E-state index contributed by atoms with van der Waals surface area (Å²) in [5, 5.41) is 12.7. The number of nitrogens with zero attached hydrogens (tertiary/aromatic N) is 3. The minimum Gasteiger partial charge on any atom is -0.326 e. The zero-order valence-corrected chi connectivity index (χ0v) is 16.8. The van der Waals surface area contributed by atoms with Gasteiger partial charge in [-0.25, -0.2) is 9.67 Å². The lowest BCUT2D eigenvalue weighted by molar-refractivity contribution is -0.114. The molecule has 0 bridgehead atoms. The molecule has 0 spiro atoms. The van der Waals surface area contributed by atoms with Crippen LogP contribution in [0.25, 0.3) is 21.6 Å². The second-order valence-corrected chi connectivity index (χ2v) is 7.39. The molecule has 8 heteroatoms. The third-order valence-electron chi connectivity index (χ3n) is 4.37. The van der Waals surface area contributed by atoms with Crippen LogP contribution in [0.5, 0.6) is 0 Å². The lowest BCUT2D eigenvalue weighted by atomic mass is 10.1. The molecular weight excluding hydrogens is 386 g/mol. The Morgan fingerprint density at radius 3 is 2.59 bits per heavy atom. The summed E-state index contributed by atoms with van der Waals surface area (Å²) in [5.41, 5.74) is 3.12. The molecule has 0 radical (unpaired) electrons. The molecule has 0 aliphatic heterocycles. The Kier molecular flexibility index (Phi) is 5.09. The fourth-order valence-corrected chi connectivity index (χ4v) is 3.78. The third kappa shape index (κ3) is 3.88. The summed E-state index contributed by atoms with van der Waals surface area (Å²) in [5.74, 6) is -0.428. The Labute approximate surface area is 171 Å². The SMILES string of the molecule is CCn1ncc2c(C(=O)Nc3cccc(NC(C)=O)c3)cc(-c3cccs3)nc21. The van der Waals surface area contributed by atoms with E-state index in [9.17, 15) is 9.59 Å². The molecular formula is C21H19N5O2S. The number of carbonyl (C=O) groups is 2. The molecule has 146 valence electrons. The lowest BCUT2D eigenvalue weighted by Gasteiger charge is -2.10. The highest BCUT2D eigenvalue weighted by molar-refractivity contribution is 7.13. The predicted octanol–water partition coefficient (Wildman–Crippen LogP) is 4.39. The summed E-state index contributed by atoms with van der Waals surface area (Å²) in [7, 11) is 0. The Bertz CT molecular complexity index is 1200. The highest BCUT2D eigenvalue weighted by atomic mass is 32.1. The van der Waals surface area contributed by atoms with Crippen LogP contribution in [0.3, 0.4) is 0 Å². The van der Waals surface area contributed by atoms with E-state index >= 15 is 0 Å². The predicted molar refractivity (Wildman–Crippen MR) is 115 cm³/mol. The van der Waals surface area contributed by atoms with Crippen molar-refractivity contribution in [3.8, 4) is 10.6 Å². The molecule has 4 rings (SSSR count). The van der Waals surface area contributed by atoms with Gasteiger partial charge in [0.05, 0.1) is 27.7 Å². The number of benzene rings is 1. The fraction of sp³-hybridized carbons (Fsp3) is 0.143. The van der Waals surface area contributed by atoms with E-state index in [2.05, 4.69) is 15.7 Å². The van der Waals surface area contributed by atoms with Gasteiger partial charge in [0.2, 0.25) is 5.91 Å². The number of aryl methyl sites for hydroxylation is 1. The molecule has 0 atom stereocenters. The van der Waals surface area contributed by atoms with Gasteiger partial charge in [0.25, 0.3) is 5.91 Å². The number of thiophene rings is 1. The van der Waals surface area contributed by atoms with Gasteiger partial charge in [-0.3, -0.25) is 9.59 Å². The van der Waals surface area contributed by atoms with Gasteiger partial charge in [0.1, 0.15) is 0 Å². The summed E-state index contributed by atoms with van der Waals surface area (Å²) in [6, 6.07) is 12.8. The molecule has 4 aromatic rings. The van der Waals surface area contributed by atoms with E-state index in [1.807, 2.05) is 24.4 Å². The highest BCUT2D eigenvalue weighted by Crippen LogP contribution is 2.28. The van der Waals surface area contributed by atoms with Crippen molar-refractivity contribution in [2.45, 2.75) is 20.4 Å². The van der Waals surface area contributed by atoms with Gasteiger partial charge in [-0.15, -0.1) is 11.3 Å². The van der Waals surface area contributed by atoms with Crippen molar-refractivity contribution in [1.82, 2.24) is 14.8 Å². The van der Waals surface area contributed by atoms with Crippen molar-refractivity contribution >= 4 is 45.6 Å². The number of amides is 2. The standard InChI is InChI=1S/C21H19N5O2S/c1-3-26-20-17(12-22-26)16(11-18(25-20)19-8-5-9-29-19)21(28)24-15-7-4-6-14(10-15)23-13(2)27/h4-12H,3H2,1-2H3,(H,23,27)(H,24,28). The molecule has 3 heterocycles. The topological polar surface area (TPSA) is 88.9 Å². The molecule has 0 saturated carbocycles. The van der Waals surface area contributed by atoms with E-state index in [1.165, 1.54) is 6.92 Å². The average molecular weight is 405 g/mol. The lowest BCUT2D eigenvalue weighted by Crippen LogP contribution is -2.13. The van der Waals surface area contributed by atoms with Crippen LogP contribution in [0.15, 0.2) is 54.0 Å². The van der Waals surface area contributed by atoms with Crippen molar-refractivity contribution < 1.29 is 9.59 Å². The number of anilines is 2. The molecule has 0 unspecified atom stereocenters. The van der Waals surface area contributed by atoms with Gasteiger partial charge >= 0.3 is 0 Å². The maximum atomic E-state index is 13.1. The van der Waals surface area contributed by atoms with E-state index < -0.39 is 0 Å². The summed E-state index contributed by atoms with van der Waals surface area (Å²) in [6.45, 7) is 4.08. The summed E-state index contributed by atoms with van der Waals surface area (Å²) >= 11 is 1.57. The fourth-order valence-electron chi connectivity index (χ4n) is 3.09. The number of hydrogen-bond donors (Lipinski definition) is 2. The first kappa shape index (κ1) is 18.8. The number of rotatable bonds is 5. The number of fused-ring (bicyclic) bond motifs is 1. The molecule has 1 aromatic carbocycles. The van der Waals surface area contributed by atoms with E-state index in [-0.39, 0.29) is 11.8 Å². The molecule has 7 nitrogen and oxygen atoms in total. The van der Waals surface area contributed by atoms with Gasteiger partial charge in [0.15, 0.2) is 5.65 Å². The van der Waals surface area contributed by atoms with Crippen LogP contribution in [0.4, 0.5) is 11.4 Å². The number of hydrogen-bond acceptors (Lipinski definition) is 5. The maximum Gasteiger partial charge on any atom is 0.256 e. The summed E-state index contributed by atoms with van der Waals surface area (Å²) < 4.78 is 1.78. The zero-order chi connectivity index (χ0) is 20.4. The van der Waals surface area contributed by atoms with Crippen LogP contribution >= 0.6 is 11.3 Å². The quantitative estimate of drug-likeness (QED) is 0.515. The molecule has 0 saturated heterocycles. The Hall–Kier alpha value is -3.52. The summed E-state index contributed by atoms with van der Waals surface area (Å²) in [4.78, 5) is 30.1. The molecule has 0 aliphatic carbocycles. The number of pyridine rings is 1. The second kappa shape index (κ2) is 7.84. The van der Waals surface area contributed by atoms with Crippen molar-refractivity contribution in [2.75, 3.05) is 10.6 Å². The minimum absolute atomic E-state index is 0.170. The first-order chi connectivity index (χ1) is 14.0. The van der Waals surface area contributed by atoms with Gasteiger partial charge in [0, 0.05) is 24.8 Å². The highest BCUT2D eigenvalue weighted by Gasteiger charge is 2.18. The van der Waals surface area contributed by atoms with E-state index in [4.69, 9.17) is 4.98 Å². The van der Waals surface area contributed by atoms with Crippen LogP contribution in [-0.4, -0.2) is 26.6 Å². The van der Waals surface area contributed by atoms with Crippen LogP contribution in [0.1, 0.15) is 24.2 Å². The Morgan fingerprint density at radius 1 is 1.10 bits per heavy atom. The first-order valence-electron chi connectivity index (χ1n) is 9.14. The van der Waals surface area contributed by atoms with E-state index in [1.54, 1.807) is 52.5 Å². The van der Waals surface area contributed by atoms with Gasteiger partial charge in [-0.1, -0.05) is 12.1 Å². The van der Waals surface area contributed by atoms with Crippen molar-refractivity contribution in [1.29, 1.82) is 0 Å². The van der Waals surface area contributed by atoms with E-state index in [0.29, 0.717) is 34.5 Å². The number of nitrogens with one attached hydrogen (secondary N) is 2. The molecule has 2 N–H and O–H groups in total. The number of aromatic nitrogens is 3.